The molecule has 44 heavy (non-hydrogen) atoms. The van der Waals surface area contributed by atoms with Crippen molar-refractivity contribution in [3.05, 3.63) is 17.3 Å². The summed E-state index contributed by atoms with van der Waals surface area (Å²) in [6.07, 6.45) is 1.12. The zero-order valence-corrected chi connectivity index (χ0v) is 28.8. The first-order valence-corrected chi connectivity index (χ1v) is 18.4. The Kier molecular flexibility index (Phi) is 9.94. The highest BCUT2D eigenvalue weighted by atomic mass is 32.1. The van der Waals surface area contributed by atoms with E-state index >= 15 is 0 Å². The summed E-state index contributed by atoms with van der Waals surface area (Å²) in [6.45, 7) is 19.9. The Labute approximate surface area is 261 Å². The number of anilines is 1. The number of amides is 3. The fourth-order valence-electron chi connectivity index (χ4n) is 3.54. The third kappa shape index (κ3) is 9.57. The predicted molar refractivity (Wildman–Crippen MR) is 166 cm³/mol. The van der Waals surface area contributed by atoms with Gasteiger partial charge in [0.25, 0.3) is 5.91 Å². The number of carbonyl (C=O) groups is 4. The Bertz CT molecular complexity index is 1430. The zero-order chi connectivity index (χ0) is 33.3. The first-order chi connectivity index (χ1) is 20.0. The number of hydrogen-bond acceptors (Lipinski definition) is 12. The number of carbonyl (C=O) groups excluding carboxylic acids is 4. The number of oxime groups is 1. The highest BCUT2D eigenvalue weighted by Crippen LogP contribution is 2.21. The normalized spacial score (nSPS) is 17.7. The third-order valence-electron chi connectivity index (χ3n) is 5.82. The molecule has 0 saturated carbocycles. The van der Waals surface area contributed by atoms with Gasteiger partial charge >= 0.3 is 12.1 Å². The van der Waals surface area contributed by atoms with Gasteiger partial charge in [-0.1, -0.05) is 30.0 Å². The smallest absolute Gasteiger partial charge is 0.413 e. The van der Waals surface area contributed by atoms with E-state index in [1.165, 1.54) is 19.2 Å². The van der Waals surface area contributed by atoms with Gasteiger partial charge in [0.1, 0.15) is 31.0 Å². The van der Waals surface area contributed by atoms with Gasteiger partial charge in [0.05, 0.1) is 17.9 Å². The first-order valence-electron chi connectivity index (χ1n) is 14.0. The molecule has 3 rings (SSSR count). The number of β-lactam (4-membered cyclic amide) rings is 1. The maximum absolute atomic E-state index is 13.6. The fraction of sp³-hybridized carbons (Fsp3) is 0.630. The Morgan fingerprint density at radius 2 is 1.70 bits per heavy atom. The van der Waals surface area contributed by atoms with E-state index in [9.17, 15) is 19.2 Å². The molecule has 2 aromatic heterocycles. The van der Waals surface area contributed by atoms with E-state index in [1.807, 2.05) is 6.20 Å². The average molecular weight is 651 g/mol. The minimum atomic E-state index is -1.69. The van der Waals surface area contributed by atoms with Gasteiger partial charge in [-0.15, -0.1) is 16.4 Å². The molecule has 1 aliphatic heterocycles. The highest BCUT2D eigenvalue weighted by Gasteiger charge is 2.42. The number of nitrogens with zero attached hydrogens (tertiary/aromatic N) is 5. The van der Waals surface area contributed by atoms with Crippen molar-refractivity contribution in [2.24, 2.45) is 5.16 Å². The van der Waals surface area contributed by atoms with Crippen LogP contribution in [0.2, 0.25) is 19.6 Å². The van der Waals surface area contributed by atoms with Crippen LogP contribution in [-0.4, -0.2) is 86.5 Å². The monoisotopic (exact) mass is 650 g/mol. The van der Waals surface area contributed by atoms with Gasteiger partial charge in [-0.25, -0.2) is 14.6 Å². The number of hydrogen-bond donors (Lipinski definition) is 3. The van der Waals surface area contributed by atoms with Crippen molar-refractivity contribution in [3.8, 4) is 0 Å². The molecule has 0 aromatic carbocycles. The number of esters is 1. The fourth-order valence-corrected chi connectivity index (χ4v) is 5.10. The lowest BCUT2D eigenvalue weighted by atomic mass is 9.98. The summed E-state index contributed by atoms with van der Waals surface area (Å²) < 4.78 is 12.3. The standard InChI is InChI=1S/C27H42N8O7SSi/c1-25(2,3)40-22(38)27(7,8)42-33-19(16-14-43-23(29-16)31-24(39)41-26(4,5)6)21(37)30-18-15(28-20(18)36)12-35-13-17(32-34-35)44(9,10)11/h13-15,18H,12H2,1-11H3,(H,28,36)(H,30,37)(H,29,31,39)/b33-19+/t15-,18+/m1/s1. The molecule has 1 aliphatic rings. The van der Waals surface area contributed by atoms with Gasteiger partial charge in [-0.2, -0.15) is 0 Å². The van der Waals surface area contributed by atoms with Crippen LogP contribution in [0, 0.1) is 0 Å². The van der Waals surface area contributed by atoms with E-state index in [0.717, 1.165) is 16.7 Å². The number of ether oxygens (including phenoxy) is 2. The Balaban J connectivity index is 1.83. The lowest BCUT2D eigenvalue weighted by molar-refractivity contribution is -0.179. The Morgan fingerprint density at radius 3 is 2.25 bits per heavy atom. The quantitative estimate of drug-likeness (QED) is 0.113. The van der Waals surface area contributed by atoms with E-state index < -0.39 is 60.8 Å². The van der Waals surface area contributed by atoms with E-state index in [-0.39, 0.29) is 23.1 Å². The lowest BCUT2D eigenvalue weighted by Crippen LogP contribution is -2.70. The molecule has 1 fully saturated rings. The van der Waals surface area contributed by atoms with E-state index in [1.54, 1.807) is 46.2 Å². The van der Waals surface area contributed by atoms with Crippen LogP contribution in [0.3, 0.4) is 0 Å². The van der Waals surface area contributed by atoms with Crippen molar-refractivity contribution in [3.63, 3.8) is 0 Å². The maximum atomic E-state index is 13.6. The summed E-state index contributed by atoms with van der Waals surface area (Å²) >= 11 is 1.02. The summed E-state index contributed by atoms with van der Waals surface area (Å²) in [4.78, 5) is 60.9. The summed E-state index contributed by atoms with van der Waals surface area (Å²) in [6, 6.07) is -1.38. The van der Waals surface area contributed by atoms with Crippen molar-refractivity contribution in [2.75, 3.05) is 5.32 Å². The minimum absolute atomic E-state index is 0.0332. The van der Waals surface area contributed by atoms with Gasteiger partial charge in [-0.05, 0) is 55.4 Å². The molecule has 242 valence electrons. The molecular weight excluding hydrogens is 608 g/mol. The summed E-state index contributed by atoms with van der Waals surface area (Å²) in [5.74, 6) is -1.89. The third-order valence-corrected chi connectivity index (χ3v) is 8.34. The van der Waals surface area contributed by atoms with Gasteiger partial charge in [-0.3, -0.25) is 19.6 Å². The number of rotatable bonds is 10. The lowest BCUT2D eigenvalue weighted by Gasteiger charge is -2.36. The van der Waals surface area contributed by atoms with Crippen LogP contribution in [0.1, 0.15) is 61.1 Å². The van der Waals surface area contributed by atoms with Crippen LogP contribution < -0.4 is 21.3 Å². The van der Waals surface area contributed by atoms with Crippen molar-refractivity contribution in [1.29, 1.82) is 0 Å². The molecule has 0 radical (unpaired) electrons. The van der Waals surface area contributed by atoms with E-state index in [0.29, 0.717) is 0 Å². The second-order valence-corrected chi connectivity index (χ2v) is 19.7. The summed E-state index contributed by atoms with van der Waals surface area (Å²) in [7, 11) is -1.69. The van der Waals surface area contributed by atoms with Crippen LogP contribution in [0.15, 0.2) is 16.7 Å². The molecule has 2 aromatic rings. The van der Waals surface area contributed by atoms with Crippen LogP contribution in [0.4, 0.5) is 9.93 Å². The minimum Gasteiger partial charge on any atom is -0.457 e. The molecule has 0 unspecified atom stereocenters. The zero-order valence-electron chi connectivity index (χ0n) is 27.0. The van der Waals surface area contributed by atoms with Crippen LogP contribution >= 0.6 is 11.3 Å². The van der Waals surface area contributed by atoms with Gasteiger partial charge < -0.3 is 24.9 Å². The van der Waals surface area contributed by atoms with E-state index in [2.05, 4.69) is 56.0 Å². The highest BCUT2D eigenvalue weighted by molar-refractivity contribution is 7.14. The van der Waals surface area contributed by atoms with Crippen LogP contribution in [0.5, 0.6) is 0 Å². The maximum Gasteiger partial charge on any atom is 0.413 e. The van der Waals surface area contributed by atoms with Crippen molar-refractivity contribution in [2.45, 2.75) is 110 Å². The van der Waals surface area contributed by atoms with Crippen molar-refractivity contribution in [1.82, 2.24) is 30.6 Å². The van der Waals surface area contributed by atoms with Crippen molar-refractivity contribution < 1.29 is 33.5 Å². The topological polar surface area (TPSA) is 188 Å². The molecule has 0 aliphatic carbocycles. The number of aromatic nitrogens is 4. The molecule has 3 amide bonds. The molecule has 17 heteroatoms. The summed E-state index contributed by atoms with van der Waals surface area (Å²) in [5, 5.41) is 22.9. The summed E-state index contributed by atoms with van der Waals surface area (Å²) in [5.41, 5.74) is -3.39. The second-order valence-electron chi connectivity index (χ2n) is 13.9. The van der Waals surface area contributed by atoms with Gasteiger partial charge in [0.15, 0.2) is 10.8 Å². The molecule has 2 atom stereocenters. The second kappa shape index (κ2) is 12.6. The van der Waals surface area contributed by atoms with Gasteiger partial charge in [0.2, 0.25) is 11.5 Å². The largest absolute Gasteiger partial charge is 0.457 e. The molecule has 0 bridgehead atoms. The van der Waals surface area contributed by atoms with Crippen molar-refractivity contribution >= 4 is 59.4 Å². The Hall–Kier alpha value is -3.86. The molecule has 1 saturated heterocycles. The van der Waals surface area contributed by atoms with Gasteiger partial charge in [0, 0.05) is 11.6 Å². The van der Waals surface area contributed by atoms with Crippen LogP contribution in [-0.2, 0) is 35.2 Å². The molecule has 15 nitrogen and oxygen atoms in total. The van der Waals surface area contributed by atoms with Crippen LogP contribution in [0.25, 0.3) is 0 Å². The first kappa shape index (κ1) is 34.6. The van der Waals surface area contributed by atoms with E-state index in [4.69, 9.17) is 14.3 Å². The predicted octanol–water partition coefficient (Wildman–Crippen LogP) is 2.15. The SMILES string of the molecule is CC(C)(C)OC(=O)Nc1nc(/C(=N\OC(C)(C)C(=O)OC(C)(C)C)C(=O)N[C@@H]2C(=O)N[C@@H]2Cn2cc([Si](C)(C)C)nn2)cs1. The number of nitrogens with one attached hydrogen (secondary N) is 3. The molecule has 3 N–H and O–H groups in total. The molecular formula is C27H42N8O7SSi. The number of thiazole rings is 1. The molecule has 0 spiro atoms. The Morgan fingerprint density at radius 1 is 1.07 bits per heavy atom. The average Bonchev–Trinajstić information content (AvgIpc) is 3.50. The molecule has 3 heterocycles.